The zero-order valence-corrected chi connectivity index (χ0v) is 20.2. The first-order valence-corrected chi connectivity index (χ1v) is 12.1. The first-order chi connectivity index (χ1) is 17.4. The summed E-state index contributed by atoms with van der Waals surface area (Å²) in [6.07, 6.45) is 2.15. The Morgan fingerprint density at radius 2 is 1.89 bits per heavy atom. The lowest BCUT2D eigenvalue weighted by Gasteiger charge is -2.36. The van der Waals surface area contributed by atoms with Crippen molar-refractivity contribution in [1.82, 2.24) is 9.80 Å². The molecule has 0 saturated carbocycles. The molecule has 36 heavy (non-hydrogen) atoms. The standard InChI is InChI=1S/C27H29N3O6/c1-3-11-29-20-8-5-4-7-19(20)27(26(29)34)22(23(31)21-10-9-18(2)36-21)24(32)25(33)30(27)13-6-12-28-14-16-35-17-15-28/h3-5,7-10,32H,1,6,11-17H2,2H3/t27-/m1/s1. The number of carbonyl (C=O) groups excluding carboxylic acids is 3. The molecule has 3 aliphatic heterocycles. The van der Waals surface area contributed by atoms with Crippen LogP contribution in [-0.4, -0.2) is 78.4 Å². The third-order valence-electron chi connectivity index (χ3n) is 7.05. The molecular formula is C27H29N3O6. The van der Waals surface area contributed by atoms with Crippen LogP contribution in [0.25, 0.3) is 0 Å². The number of Topliss-reactive ketones (excluding diaryl/α,β-unsaturated/α-hetero) is 1. The minimum atomic E-state index is -1.79. The maximum atomic E-state index is 14.2. The lowest BCUT2D eigenvalue weighted by Crippen LogP contribution is -2.54. The first-order valence-electron chi connectivity index (χ1n) is 12.1. The number of aryl methyl sites for hydroxylation is 1. The third-order valence-corrected chi connectivity index (χ3v) is 7.05. The summed E-state index contributed by atoms with van der Waals surface area (Å²) in [6.45, 7) is 9.40. The highest BCUT2D eigenvalue weighted by atomic mass is 16.5. The molecule has 1 fully saturated rings. The maximum absolute atomic E-state index is 14.2. The van der Waals surface area contributed by atoms with Gasteiger partial charge in [0.05, 0.1) is 24.5 Å². The summed E-state index contributed by atoms with van der Waals surface area (Å²) in [6, 6.07) is 10.2. The highest BCUT2D eigenvalue weighted by molar-refractivity contribution is 6.25. The normalized spacial score (nSPS) is 22.1. The van der Waals surface area contributed by atoms with E-state index >= 15 is 0 Å². The molecule has 1 aromatic carbocycles. The van der Waals surface area contributed by atoms with Crippen molar-refractivity contribution >= 4 is 23.3 Å². The molecule has 1 atom stereocenters. The first kappa shape index (κ1) is 24.0. The van der Waals surface area contributed by atoms with Crippen molar-refractivity contribution in [2.75, 3.05) is 50.8 Å². The highest BCUT2D eigenvalue weighted by Gasteiger charge is 2.65. The Balaban J connectivity index is 1.60. The number of hydrogen-bond donors (Lipinski definition) is 1. The van der Waals surface area contributed by atoms with E-state index < -0.39 is 28.9 Å². The number of amides is 2. The molecule has 5 rings (SSSR count). The highest BCUT2D eigenvalue weighted by Crippen LogP contribution is 2.53. The largest absolute Gasteiger partial charge is 0.503 e. The molecule has 1 spiro atoms. The van der Waals surface area contributed by atoms with Gasteiger partial charge in [-0.15, -0.1) is 6.58 Å². The van der Waals surface area contributed by atoms with Crippen LogP contribution in [0.15, 0.2) is 64.8 Å². The monoisotopic (exact) mass is 491 g/mol. The van der Waals surface area contributed by atoms with Crippen LogP contribution in [0.1, 0.15) is 28.3 Å². The average Bonchev–Trinajstić information content (AvgIpc) is 3.49. The lowest BCUT2D eigenvalue weighted by molar-refractivity contribution is -0.139. The Morgan fingerprint density at radius 1 is 1.14 bits per heavy atom. The van der Waals surface area contributed by atoms with Gasteiger partial charge in [0.1, 0.15) is 5.76 Å². The van der Waals surface area contributed by atoms with Gasteiger partial charge in [0.15, 0.2) is 17.1 Å². The SMILES string of the molecule is C=CCN1C(=O)[C@]2(C(C(=O)c3ccc(C)o3)=C(O)C(=O)N2CCCN2CCOCC2)c2ccccc21. The van der Waals surface area contributed by atoms with Crippen molar-refractivity contribution in [3.63, 3.8) is 0 Å². The minimum Gasteiger partial charge on any atom is -0.503 e. The van der Waals surface area contributed by atoms with E-state index in [-0.39, 0.29) is 24.4 Å². The van der Waals surface area contributed by atoms with Crippen molar-refractivity contribution in [1.29, 1.82) is 0 Å². The van der Waals surface area contributed by atoms with Crippen LogP contribution in [0.4, 0.5) is 5.69 Å². The quantitative estimate of drug-likeness (QED) is 0.447. The Morgan fingerprint density at radius 3 is 2.58 bits per heavy atom. The molecule has 4 heterocycles. The Labute approximate surface area is 209 Å². The van der Waals surface area contributed by atoms with Crippen LogP contribution >= 0.6 is 0 Å². The van der Waals surface area contributed by atoms with E-state index in [1.165, 1.54) is 15.9 Å². The Hall–Kier alpha value is -3.69. The molecule has 2 amide bonds. The molecule has 3 aliphatic rings. The molecule has 9 nitrogen and oxygen atoms in total. The molecule has 1 saturated heterocycles. The summed E-state index contributed by atoms with van der Waals surface area (Å²) in [5.74, 6) is -2.15. The number of carbonyl (C=O) groups is 3. The van der Waals surface area contributed by atoms with E-state index in [4.69, 9.17) is 9.15 Å². The smallest absolute Gasteiger partial charge is 0.290 e. The number of aliphatic hydroxyl groups excluding tert-OH is 1. The van der Waals surface area contributed by atoms with Gasteiger partial charge in [-0.2, -0.15) is 0 Å². The summed E-state index contributed by atoms with van der Waals surface area (Å²) in [5, 5.41) is 11.1. The summed E-state index contributed by atoms with van der Waals surface area (Å²) < 4.78 is 11.0. The summed E-state index contributed by atoms with van der Waals surface area (Å²) in [7, 11) is 0. The minimum absolute atomic E-state index is 0.0381. The van der Waals surface area contributed by atoms with Crippen LogP contribution in [0, 0.1) is 6.92 Å². The molecule has 0 radical (unpaired) electrons. The van der Waals surface area contributed by atoms with Crippen LogP contribution in [0.2, 0.25) is 0 Å². The maximum Gasteiger partial charge on any atom is 0.290 e. The van der Waals surface area contributed by atoms with E-state index in [0.29, 0.717) is 43.2 Å². The van der Waals surface area contributed by atoms with Crippen molar-refractivity contribution < 1.29 is 28.6 Å². The van der Waals surface area contributed by atoms with Gasteiger partial charge in [0.25, 0.3) is 11.8 Å². The van der Waals surface area contributed by atoms with E-state index in [0.717, 1.165) is 13.1 Å². The zero-order chi connectivity index (χ0) is 25.4. The predicted octanol–water partition coefficient (Wildman–Crippen LogP) is 2.58. The number of ether oxygens (including phenoxy) is 1. The summed E-state index contributed by atoms with van der Waals surface area (Å²) in [5.41, 5.74) is -1.00. The third kappa shape index (κ3) is 3.58. The number of ketones is 1. The average molecular weight is 492 g/mol. The molecule has 0 bridgehead atoms. The molecular weight excluding hydrogens is 462 g/mol. The number of hydrogen-bond acceptors (Lipinski definition) is 7. The van der Waals surface area contributed by atoms with Crippen LogP contribution in [0.5, 0.6) is 0 Å². The van der Waals surface area contributed by atoms with Gasteiger partial charge in [-0.3, -0.25) is 19.3 Å². The van der Waals surface area contributed by atoms with Gasteiger partial charge in [-0.1, -0.05) is 24.3 Å². The van der Waals surface area contributed by atoms with Crippen LogP contribution in [0.3, 0.4) is 0 Å². The number of nitrogens with zero attached hydrogens (tertiary/aromatic N) is 3. The second kappa shape index (κ2) is 9.40. The van der Waals surface area contributed by atoms with Gasteiger partial charge in [-0.25, -0.2) is 0 Å². The van der Waals surface area contributed by atoms with Crippen molar-refractivity contribution in [2.24, 2.45) is 0 Å². The Kier molecular flexibility index (Phi) is 6.27. The second-order valence-corrected chi connectivity index (χ2v) is 9.16. The van der Waals surface area contributed by atoms with E-state index in [1.807, 2.05) is 0 Å². The number of rotatable bonds is 8. The van der Waals surface area contributed by atoms with Gasteiger partial charge >= 0.3 is 0 Å². The molecule has 1 N–H and O–H groups in total. The number of fused-ring (bicyclic) bond motifs is 2. The second-order valence-electron chi connectivity index (χ2n) is 9.16. The van der Waals surface area contributed by atoms with Crippen LogP contribution < -0.4 is 4.90 Å². The number of furan rings is 1. The number of aliphatic hydroxyl groups is 1. The van der Waals surface area contributed by atoms with Gasteiger partial charge in [0.2, 0.25) is 5.78 Å². The number of benzene rings is 1. The van der Waals surface area contributed by atoms with E-state index in [9.17, 15) is 19.5 Å². The van der Waals surface area contributed by atoms with Crippen LogP contribution in [-0.2, 0) is 19.9 Å². The lowest BCUT2D eigenvalue weighted by atomic mass is 9.81. The van der Waals surface area contributed by atoms with Gasteiger partial charge in [-0.05, 0) is 31.5 Å². The fraction of sp³-hybridized carbons (Fsp3) is 0.370. The van der Waals surface area contributed by atoms with Gasteiger partial charge in [0, 0.05) is 38.3 Å². The number of para-hydroxylation sites is 1. The summed E-state index contributed by atoms with van der Waals surface area (Å²) in [4.78, 5) is 46.6. The van der Waals surface area contributed by atoms with Crippen molar-refractivity contribution in [3.05, 3.63) is 77.5 Å². The molecule has 9 heteroatoms. The number of morpholine rings is 1. The van der Waals surface area contributed by atoms with Gasteiger partial charge < -0.3 is 24.1 Å². The van der Waals surface area contributed by atoms with E-state index in [1.54, 1.807) is 43.3 Å². The Bertz CT molecular complexity index is 1260. The number of anilines is 1. The fourth-order valence-corrected chi connectivity index (χ4v) is 5.44. The summed E-state index contributed by atoms with van der Waals surface area (Å²) >= 11 is 0. The topological polar surface area (TPSA) is 104 Å². The zero-order valence-electron chi connectivity index (χ0n) is 20.2. The fourth-order valence-electron chi connectivity index (χ4n) is 5.44. The predicted molar refractivity (Wildman–Crippen MR) is 132 cm³/mol. The molecule has 0 unspecified atom stereocenters. The molecule has 2 aromatic rings. The molecule has 188 valence electrons. The van der Waals surface area contributed by atoms with Crippen molar-refractivity contribution in [2.45, 2.75) is 18.9 Å². The van der Waals surface area contributed by atoms with E-state index in [2.05, 4.69) is 11.5 Å². The molecule has 0 aliphatic carbocycles. The van der Waals surface area contributed by atoms with Crippen molar-refractivity contribution in [3.8, 4) is 0 Å². The molecule has 1 aromatic heterocycles.